The molecule has 0 radical (unpaired) electrons. The van der Waals surface area contributed by atoms with E-state index in [0.717, 1.165) is 30.6 Å². The Morgan fingerprint density at radius 2 is 1.71 bits per heavy atom. The Morgan fingerprint density at radius 3 is 2.29 bits per heavy atom. The molecule has 0 N–H and O–H groups in total. The minimum Gasteiger partial charge on any atom is -0.258 e. The van der Waals surface area contributed by atoms with Gasteiger partial charge in [0.1, 0.15) is 0 Å². The molecule has 0 unspecified atom stereocenters. The van der Waals surface area contributed by atoms with E-state index < -0.39 is 0 Å². The molecule has 3 aromatic rings. The SMILES string of the molecule is CC.Cc1ccc2sc(Sc3c(C)cc([N+](=O)[O-])cc3C)nc2c1. The van der Waals surface area contributed by atoms with Crippen LogP contribution in [0.4, 0.5) is 5.69 Å². The van der Waals surface area contributed by atoms with Crippen LogP contribution in [0.15, 0.2) is 39.6 Å². The highest BCUT2D eigenvalue weighted by Crippen LogP contribution is 2.38. The van der Waals surface area contributed by atoms with Gasteiger partial charge < -0.3 is 0 Å². The average molecular weight is 361 g/mol. The number of benzene rings is 2. The van der Waals surface area contributed by atoms with Crippen LogP contribution in [-0.4, -0.2) is 9.91 Å². The largest absolute Gasteiger partial charge is 0.270 e. The van der Waals surface area contributed by atoms with Crippen LogP contribution in [0, 0.1) is 30.9 Å². The summed E-state index contributed by atoms with van der Waals surface area (Å²) in [5, 5.41) is 10.9. The summed E-state index contributed by atoms with van der Waals surface area (Å²) in [4.78, 5) is 16.3. The molecule has 1 heterocycles. The van der Waals surface area contributed by atoms with E-state index in [0.29, 0.717) is 0 Å². The Morgan fingerprint density at radius 1 is 1.08 bits per heavy atom. The molecular formula is C18H20N2O2S2. The van der Waals surface area contributed by atoms with Crippen molar-refractivity contribution in [1.82, 2.24) is 4.98 Å². The number of hydrogen-bond donors (Lipinski definition) is 0. The Balaban J connectivity index is 0.00000100. The van der Waals surface area contributed by atoms with Crippen molar-refractivity contribution in [2.75, 3.05) is 0 Å². The Labute approximate surface area is 150 Å². The Hall–Kier alpha value is -1.92. The summed E-state index contributed by atoms with van der Waals surface area (Å²) in [6, 6.07) is 9.48. The number of thiazole rings is 1. The highest BCUT2D eigenvalue weighted by Gasteiger charge is 2.14. The molecule has 0 saturated heterocycles. The minimum absolute atomic E-state index is 0.138. The van der Waals surface area contributed by atoms with Gasteiger partial charge in [0.2, 0.25) is 0 Å². The fraction of sp³-hybridized carbons (Fsp3) is 0.278. The summed E-state index contributed by atoms with van der Waals surface area (Å²) in [5.74, 6) is 0. The van der Waals surface area contributed by atoms with Gasteiger partial charge in [0.05, 0.1) is 15.1 Å². The normalized spacial score (nSPS) is 10.4. The van der Waals surface area contributed by atoms with E-state index in [1.165, 1.54) is 5.56 Å². The van der Waals surface area contributed by atoms with Crippen molar-refractivity contribution in [1.29, 1.82) is 0 Å². The van der Waals surface area contributed by atoms with Crippen molar-refractivity contribution in [2.24, 2.45) is 0 Å². The molecule has 0 amide bonds. The number of aromatic nitrogens is 1. The number of non-ortho nitro benzene ring substituents is 1. The van der Waals surface area contributed by atoms with Gasteiger partial charge in [-0.15, -0.1) is 11.3 Å². The first-order valence-corrected chi connectivity index (χ1v) is 9.38. The van der Waals surface area contributed by atoms with Crippen molar-refractivity contribution >= 4 is 39.0 Å². The highest BCUT2D eigenvalue weighted by atomic mass is 32.2. The van der Waals surface area contributed by atoms with Gasteiger partial charge in [0, 0.05) is 17.0 Å². The maximum atomic E-state index is 10.9. The molecule has 24 heavy (non-hydrogen) atoms. The van der Waals surface area contributed by atoms with Crippen LogP contribution in [-0.2, 0) is 0 Å². The molecule has 4 nitrogen and oxygen atoms in total. The van der Waals surface area contributed by atoms with E-state index in [9.17, 15) is 10.1 Å². The van der Waals surface area contributed by atoms with E-state index >= 15 is 0 Å². The standard InChI is InChI=1S/C16H14N2O2S2.C2H6/c1-9-4-5-14-13(6-9)17-16(21-14)22-15-10(2)7-12(18(19)20)8-11(15)3;1-2/h4-8H,1-3H3;1-2H3. The molecule has 0 bridgehead atoms. The molecule has 0 fully saturated rings. The summed E-state index contributed by atoms with van der Waals surface area (Å²) >= 11 is 3.22. The number of fused-ring (bicyclic) bond motifs is 1. The van der Waals surface area contributed by atoms with Gasteiger partial charge in [0.15, 0.2) is 4.34 Å². The maximum absolute atomic E-state index is 10.9. The number of nitrogens with zero attached hydrogens (tertiary/aromatic N) is 2. The molecule has 0 saturated carbocycles. The van der Waals surface area contributed by atoms with Gasteiger partial charge in [-0.3, -0.25) is 10.1 Å². The number of nitro benzene ring substituents is 1. The number of nitro groups is 1. The minimum atomic E-state index is -0.352. The second kappa shape index (κ2) is 7.77. The topological polar surface area (TPSA) is 56.0 Å². The molecular weight excluding hydrogens is 340 g/mol. The lowest BCUT2D eigenvalue weighted by atomic mass is 10.1. The van der Waals surface area contributed by atoms with Gasteiger partial charge in [0.25, 0.3) is 5.69 Å². The van der Waals surface area contributed by atoms with Crippen LogP contribution in [0.1, 0.15) is 30.5 Å². The van der Waals surface area contributed by atoms with Gasteiger partial charge in [-0.25, -0.2) is 4.98 Å². The van der Waals surface area contributed by atoms with Crippen LogP contribution in [0.2, 0.25) is 0 Å². The maximum Gasteiger partial charge on any atom is 0.270 e. The molecule has 3 rings (SSSR count). The zero-order chi connectivity index (χ0) is 17.9. The third-order valence-electron chi connectivity index (χ3n) is 3.37. The van der Waals surface area contributed by atoms with Gasteiger partial charge in [-0.1, -0.05) is 31.7 Å². The number of hydrogen-bond acceptors (Lipinski definition) is 5. The van der Waals surface area contributed by atoms with Crippen LogP contribution in [0.3, 0.4) is 0 Å². The second-order valence-corrected chi connectivity index (χ2v) is 7.51. The summed E-state index contributed by atoms with van der Waals surface area (Å²) in [5.41, 5.74) is 4.15. The van der Waals surface area contributed by atoms with E-state index in [4.69, 9.17) is 0 Å². The van der Waals surface area contributed by atoms with Crippen molar-refractivity contribution in [3.63, 3.8) is 0 Å². The molecule has 6 heteroatoms. The molecule has 2 aromatic carbocycles. The van der Waals surface area contributed by atoms with Crippen LogP contribution >= 0.6 is 23.1 Å². The Bertz CT molecular complexity index is 865. The smallest absolute Gasteiger partial charge is 0.258 e. The van der Waals surface area contributed by atoms with Crippen LogP contribution in [0.5, 0.6) is 0 Å². The van der Waals surface area contributed by atoms with Gasteiger partial charge in [-0.2, -0.15) is 0 Å². The van der Waals surface area contributed by atoms with E-state index in [1.54, 1.807) is 35.2 Å². The summed E-state index contributed by atoms with van der Waals surface area (Å²) in [6.07, 6.45) is 0. The monoisotopic (exact) mass is 360 g/mol. The van der Waals surface area contributed by atoms with Crippen molar-refractivity contribution in [3.05, 3.63) is 57.1 Å². The highest BCUT2D eigenvalue weighted by molar-refractivity contribution is 8.01. The third kappa shape index (κ3) is 3.94. The molecule has 0 aliphatic carbocycles. The fourth-order valence-corrected chi connectivity index (χ4v) is 4.46. The first-order chi connectivity index (χ1) is 11.4. The van der Waals surface area contributed by atoms with Crippen LogP contribution < -0.4 is 0 Å². The first kappa shape index (κ1) is 18.4. The first-order valence-electron chi connectivity index (χ1n) is 7.75. The van der Waals surface area contributed by atoms with Gasteiger partial charge >= 0.3 is 0 Å². The van der Waals surface area contributed by atoms with E-state index in [1.807, 2.05) is 27.7 Å². The molecule has 1 aromatic heterocycles. The lowest BCUT2D eigenvalue weighted by Gasteiger charge is -2.07. The average Bonchev–Trinajstić information content (AvgIpc) is 2.94. The van der Waals surface area contributed by atoms with Crippen LogP contribution in [0.25, 0.3) is 10.2 Å². The summed E-state index contributed by atoms with van der Waals surface area (Å²) in [6.45, 7) is 9.86. The fourth-order valence-electron chi connectivity index (χ4n) is 2.34. The zero-order valence-electron chi connectivity index (χ0n) is 14.4. The molecule has 0 aliphatic heterocycles. The summed E-state index contributed by atoms with van der Waals surface area (Å²) in [7, 11) is 0. The van der Waals surface area contributed by atoms with Crippen molar-refractivity contribution < 1.29 is 4.92 Å². The van der Waals surface area contributed by atoms with Crippen molar-refractivity contribution in [2.45, 2.75) is 43.9 Å². The number of rotatable bonds is 3. The van der Waals surface area contributed by atoms with Crippen molar-refractivity contribution in [3.8, 4) is 0 Å². The predicted octanol–water partition coefficient (Wildman–Crippen LogP) is 6.31. The zero-order valence-corrected chi connectivity index (χ0v) is 16.0. The van der Waals surface area contributed by atoms with E-state index in [-0.39, 0.29) is 10.6 Å². The third-order valence-corrected chi connectivity index (χ3v) is 5.81. The molecule has 0 spiro atoms. The lowest BCUT2D eigenvalue weighted by Crippen LogP contribution is -1.92. The number of aryl methyl sites for hydroxylation is 3. The molecule has 126 valence electrons. The Kier molecular flexibility index (Phi) is 5.96. The predicted molar refractivity (Wildman–Crippen MR) is 102 cm³/mol. The summed E-state index contributed by atoms with van der Waals surface area (Å²) < 4.78 is 2.12. The molecule has 0 atom stereocenters. The quantitative estimate of drug-likeness (QED) is 0.406. The lowest BCUT2D eigenvalue weighted by molar-refractivity contribution is -0.385. The van der Waals surface area contributed by atoms with E-state index in [2.05, 4.69) is 30.1 Å². The second-order valence-electron chi connectivity index (χ2n) is 5.22. The van der Waals surface area contributed by atoms with Gasteiger partial charge in [-0.05, 0) is 49.6 Å². The molecule has 0 aliphatic rings.